The maximum absolute atomic E-state index is 9.73. The Labute approximate surface area is 88.4 Å². The first-order valence-corrected chi connectivity index (χ1v) is 4.71. The molecule has 2 atom stereocenters. The summed E-state index contributed by atoms with van der Waals surface area (Å²) in [6.07, 6.45) is -0.766. The lowest BCUT2D eigenvalue weighted by atomic mass is 10.0. The third kappa shape index (κ3) is 2.38. The lowest BCUT2D eigenvalue weighted by molar-refractivity contribution is 0.153. The van der Waals surface area contributed by atoms with E-state index in [1.807, 2.05) is 0 Å². The molecule has 0 amide bonds. The zero-order valence-corrected chi connectivity index (χ0v) is 8.95. The molecule has 4 heteroatoms. The highest BCUT2D eigenvalue weighted by Crippen LogP contribution is 2.28. The second-order valence-electron chi connectivity index (χ2n) is 3.19. The predicted octanol–water partition coefficient (Wildman–Crippen LogP) is 1.73. The van der Waals surface area contributed by atoms with Crippen LogP contribution in [-0.2, 0) is 0 Å². The first kappa shape index (κ1) is 11.3. The van der Waals surface area contributed by atoms with E-state index in [0.29, 0.717) is 16.3 Å². The highest BCUT2D eigenvalue weighted by atomic mass is 35.5. The Morgan fingerprint density at radius 1 is 1.50 bits per heavy atom. The fourth-order valence-corrected chi connectivity index (χ4v) is 1.39. The van der Waals surface area contributed by atoms with Crippen molar-refractivity contribution in [1.82, 2.24) is 0 Å². The zero-order valence-electron chi connectivity index (χ0n) is 8.20. The van der Waals surface area contributed by atoms with Gasteiger partial charge in [0.2, 0.25) is 0 Å². The highest BCUT2D eigenvalue weighted by molar-refractivity contribution is 6.31. The number of rotatable bonds is 3. The number of benzene rings is 1. The van der Waals surface area contributed by atoms with Crippen LogP contribution in [0.1, 0.15) is 18.6 Å². The molecule has 1 aromatic rings. The van der Waals surface area contributed by atoms with Crippen molar-refractivity contribution in [2.45, 2.75) is 19.1 Å². The summed E-state index contributed by atoms with van der Waals surface area (Å²) < 4.78 is 5.03. The van der Waals surface area contributed by atoms with Gasteiger partial charge in [-0.25, -0.2) is 0 Å². The minimum absolute atomic E-state index is 0.361. The Bertz CT molecular complexity index is 315. The largest absolute Gasteiger partial charge is 0.497 e. The van der Waals surface area contributed by atoms with Crippen LogP contribution in [0.15, 0.2) is 18.2 Å². The number of ether oxygens (including phenoxy) is 1. The normalized spacial score (nSPS) is 14.9. The molecule has 0 aliphatic carbocycles. The van der Waals surface area contributed by atoms with Gasteiger partial charge >= 0.3 is 0 Å². The fourth-order valence-electron chi connectivity index (χ4n) is 1.16. The molecule has 0 bridgehead atoms. The smallest absolute Gasteiger partial charge is 0.119 e. The Hall–Kier alpha value is -0.770. The zero-order chi connectivity index (χ0) is 10.7. The standard InChI is InChI=1S/C10H14ClNO2/c1-6(12)10(13)8-5-7(14-2)3-4-9(8)11/h3-6,10,13H,12H2,1-2H3/t6-,10-/m0/s1. The molecular formula is C10H14ClNO2. The first-order valence-electron chi connectivity index (χ1n) is 4.33. The number of aliphatic hydroxyl groups excluding tert-OH is 1. The summed E-state index contributed by atoms with van der Waals surface area (Å²) in [4.78, 5) is 0. The highest BCUT2D eigenvalue weighted by Gasteiger charge is 2.16. The van der Waals surface area contributed by atoms with Crippen molar-refractivity contribution in [1.29, 1.82) is 0 Å². The maximum atomic E-state index is 9.73. The number of halogens is 1. The quantitative estimate of drug-likeness (QED) is 0.808. The van der Waals surface area contributed by atoms with E-state index in [9.17, 15) is 5.11 Å². The van der Waals surface area contributed by atoms with Gasteiger partial charge in [0.05, 0.1) is 13.2 Å². The Morgan fingerprint density at radius 2 is 2.14 bits per heavy atom. The van der Waals surface area contributed by atoms with Crippen molar-refractivity contribution < 1.29 is 9.84 Å². The van der Waals surface area contributed by atoms with Gasteiger partial charge in [0, 0.05) is 16.6 Å². The molecule has 0 aliphatic heterocycles. The first-order chi connectivity index (χ1) is 6.56. The molecule has 0 unspecified atom stereocenters. The number of nitrogens with two attached hydrogens (primary N) is 1. The molecule has 0 fully saturated rings. The lowest BCUT2D eigenvalue weighted by Gasteiger charge is -2.16. The molecule has 1 aromatic carbocycles. The topological polar surface area (TPSA) is 55.5 Å². The summed E-state index contributed by atoms with van der Waals surface area (Å²) in [6.45, 7) is 1.72. The summed E-state index contributed by atoms with van der Waals surface area (Å²) in [6, 6.07) is 4.75. The molecule has 0 saturated heterocycles. The van der Waals surface area contributed by atoms with Crippen LogP contribution in [0, 0.1) is 0 Å². The summed E-state index contributed by atoms with van der Waals surface area (Å²) in [7, 11) is 1.56. The Kier molecular flexibility index (Phi) is 3.75. The average Bonchev–Trinajstić information content (AvgIpc) is 2.17. The number of hydrogen-bond acceptors (Lipinski definition) is 3. The molecule has 78 valence electrons. The van der Waals surface area contributed by atoms with Gasteiger partial charge in [-0.1, -0.05) is 11.6 Å². The van der Waals surface area contributed by atoms with E-state index in [0.717, 1.165) is 0 Å². The van der Waals surface area contributed by atoms with E-state index in [1.54, 1.807) is 32.2 Å². The lowest BCUT2D eigenvalue weighted by Crippen LogP contribution is -2.24. The van der Waals surface area contributed by atoms with Crippen LogP contribution in [0.2, 0.25) is 5.02 Å². The maximum Gasteiger partial charge on any atom is 0.119 e. The SMILES string of the molecule is COc1ccc(Cl)c([C@@H](O)[C@H](C)N)c1. The third-order valence-electron chi connectivity index (χ3n) is 2.02. The van der Waals surface area contributed by atoms with Crippen LogP contribution in [-0.4, -0.2) is 18.3 Å². The van der Waals surface area contributed by atoms with Crippen molar-refractivity contribution in [3.63, 3.8) is 0 Å². The molecule has 0 spiro atoms. The fraction of sp³-hybridized carbons (Fsp3) is 0.400. The summed E-state index contributed by atoms with van der Waals surface area (Å²) in [5.41, 5.74) is 6.18. The van der Waals surface area contributed by atoms with Crippen LogP contribution >= 0.6 is 11.6 Å². The van der Waals surface area contributed by atoms with E-state index in [-0.39, 0.29) is 6.04 Å². The van der Waals surface area contributed by atoms with Gasteiger partial charge in [0.1, 0.15) is 5.75 Å². The Morgan fingerprint density at radius 3 is 2.64 bits per heavy atom. The Balaban J connectivity index is 3.05. The van der Waals surface area contributed by atoms with E-state index < -0.39 is 6.10 Å². The van der Waals surface area contributed by atoms with Crippen LogP contribution < -0.4 is 10.5 Å². The van der Waals surface area contributed by atoms with Gasteiger partial charge in [-0.05, 0) is 25.1 Å². The van der Waals surface area contributed by atoms with E-state index in [4.69, 9.17) is 22.1 Å². The van der Waals surface area contributed by atoms with Crippen LogP contribution in [0.5, 0.6) is 5.75 Å². The molecule has 0 aliphatic rings. The van der Waals surface area contributed by atoms with Gasteiger partial charge < -0.3 is 15.6 Å². The van der Waals surface area contributed by atoms with Crippen molar-refractivity contribution in [2.75, 3.05) is 7.11 Å². The third-order valence-corrected chi connectivity index (χ3v) is 2.36. The molecule has 1 rings (SSSR count). The molecule has 0 radical (unpaired) electrons. The second-order valence-corrected chi connectivity index (χ2v) is 3.60. The van der Waals surface area contributed by atoms with Crippen molar-refractivity contribution in [3.05, 3.63) is 28.8 Å². The van der Waals surface area contributed by atoms with Crippen molar-refractivity contribution in [3.8, 4) is 5.75 Å². The van der Waals surface area contributed by atoms with Crippen LogP contribution in [0.3, 0.4) is 0 Å². The molecule has 3 nitrogen and oxygen atoms in total. The van der Waals surface area contributed by atoms with Crippen LogP contribution in [0.25, 0.3) is 0 Å². The number of hydrogen-bond donors (Lipinski definition) is 2. The van der Waals surface area contributed by atoms with Gasteiger partial charge in [0.15, 0.2) is 0 Å². The molecule has 0 aromatic heterocycles. The van der Waals surface area contributed by atoms with Gasteiger partial charge in [-0.2, -0.15) is 0 Å². The molecule has 0 heterocycles. The second kappa shape index (κ2) is 4.64. The number of methoxy groups -OCH3 is 1. The van der Waals surface area contributed by atoms with E-state index >= 15 is 0 Å². The van der Waals surface area contributed by atoms with Crippen LogP contribution in [0.4, 0.5) is 0 Å². The van der Waals surface area contributed by atoms with Gasteiger partial charge in [-0.15, -0.1) is 0 Å². The molecular weight excluding hydrogens is 202 g/mol. The van der Waals surface area contributed by atoms with E-state index in [1.165, 1.54) is 0 Å². The number of aliphatic hydroxyl groups is 1. The predicted molar refractivity (Wildman–Crippen MR) is 56.6 cm³/mol. The summed E-state index contributed by atoms with van der Waals surface area (Å²) in [5.74, 6) is 0.657. The van der Waals surface area contributed by atoms with Gasteiger partial charge in [-0.3, -0.25) is 0 Å². The average molecular weight is 216 g/mol. The van der Waals surface area contributed by atoms with Gasteiger partial charge in [0.25, 0.3) is 0 Å². The summed E-state index contributed by atoms with van der Waals surface area (Å²) >= 11 is 5.92. The van der Waals surface area contributed by atoms with Crippen molar-refractivity contribution >= 4 is 11.6 Å². The van der Waals surface area contributed by atoms with E-state index in [2.05, 4.69) is 0 Å². The van der Waals surface area contributed by atoms with Crippen molar-refractivity contribution in [2.24, 2.45) is 5.73 Å². The minimum atomic E-state index is -0.766. The summed E-state index contributed by atoms with van der Waals surface area (Å²) in [5, 5.41) is 10.2. The molecule has 0 saturated carbocycles. The molecule has 14 heavy (non-hydrogen) atoms. The molecule has 3 N–H and O–H groups in total. The monoisotopic (exact) mass is 215 g/mol. The minimum Gasteiger partial charge on any atom is -0.497 e.